The fraction of sp³-hybridized carbons (Fsp3) is 0. The number of aromatic amines is 1. The van der Waals surface area contributed by atoms with E-state index in [9.17, 15) is 4.79 Å². The molecule has 3 aromatic rings. The van der Waals surface area contributed by atoms with E-state index in [1.807, 2.05) is 30.3 Å². The van der Waals surface area contributed by atoms with Gasteiger partial charge in [-0.25, -0.2) is 0 Å². The van der Waals surface area contributed by atoms with Crippen molar-refractivity contribution in [1.82, 2.24) is 10.1 Å². The van der Waals surface area contributed by atoms with Crippen LogP contribution < -0.4 is 11.3 Å². The zero-order valence-corrected chi connectivity index (χ0v) is 9.96. The standard InChI is InChI=1S/C14H11N3O2/c15-14-12(9-4-2-1-3-5-9)13(19-17-14)10-6-7-16-11(18)8-10/h1-8H,(H2,15,17)(H,16,18). The molecule has 0 bridgehead atoms. The van der Waals surface area contributed by atoms with Crippen molar-refractivity contribution in [1.29, 1.82) is 0 Å². The van der Waals surface area contributed by atoms with Crippen LogP contribution in [0.1, 0.15) is 0 Å². The molecule has 3 N–H and O–H groups in total. The number of nitrogen functional groups attached to an aromatic ring is 1. The zero-order chi connectivity index (χ0) is 13.2. The molecule has 0 aliphatic rings. The topological polar surface area (TPSA) is 84.9 Å². The number of H-pyrrole nitrogens is 1. The largest absolute Gasteiger partial charge is 0.380 e. The highest BCUT2D eigenvalue weighted by Gasteiger charge is 2.17. The Labute approximate surface area is 108 Å². The first kappa shape index (κ1) is 11.3. The predicted molar refractivity (Wildman–Crippen MR) is 72.4 cm³/mol. The minimum Gasteiger partial charge on any atom is -0.380 e. The molecular weight excluding hydrogens is 242 g/mol. The second kappa shape index (κ2) is 4.45. The van der Waals surface area contributed by atoms with Crippen molar-refractivity contribution < 1.29 is 4.52 Å². The molecule has 0 saturated carbocycles. The number of nitrogens with one attached hydrogen (secondary N) is 1. The molecule has 0 fully saturated rings. The van der Waals surface area contributed by atoms with Gasteiger partial charge in [-0.05, 0) is 11.6 Å². The number of rotatable bonds is 2. The van der Waals surface area contributed by atoms with Crippen molar-refractivity contribution in [2.24, 2.45) is 0 Å². The number of benzene rings is 1. The van der Waals surface area contributed by atoms with Crippen molar-refractivity contribution in [3.63, 3.8) is 0 Å². The Hall–Kier alpha value is -2.82. The maximum absolute atomic E-state index is 11.4. The van der Waals surface area contributed by atoms with Gasteiger partial charge < -0.3 is 15.2 Å². The van der Waals surface area contributed by atoms with Crippen LogP contribution in [0.4, 0.5) is 5.82 Å². The maximum Gasteiger partial charge on any atom is 0.248 e. The Bertz CT molecular complexity index is 760. The van der Waals surface area contributed by atoms with Crippen molar-refractivity contribution in [2.45, 2.75) is 0 Å². The molecule has 0 radical (unpaired) electrons. The normalized spacial score (nSPS) is 10.5. The molecule has 5 heteroatoms. The van der Waals surface area contributed by atoms with E-state index in [2.05, 4.69) is 10.1 Å². The number of anilines is 1. The van der Waals surface area contributed by atoms with Gasteiger partial charge in [-0.2, -0.15) is 0 Å². The Morgan fingerprint density at radius 2 is 1.89 bits per heavy atom. The first-order chi connectivity index (χ1) is 9.25. The highest BCUT2D eigenvalue weighted by molar-refractivity contribution is 5.86. The molecule has 19 heavy (non-hydrogen) atoms. The number of hydrogen-bond donors (Lipinski definition) is 2. The van der Waals surface area contributed by atoms with E-state index >= 15 is 0 Å². The van der Waals surface area contributed by atoms with E-state index in [4.69, 9.17) is 10.3 Å². The average Bonchev–Trinajstić information content (AvgIpc) is 2.82. The molecule has 0 spiro atoms. The lowest BCUT2D eigenvalue weighted by molar-refractivity contribution is 0.436. The van der Waals surface area contributed by atoms with Crippen LogP contribution in [0.2, 0.25) is 0 Å². The van der Waals surface area contributed by atoms with Gasteiger partial charge in [0, 0.05) is 17.8 Å². The van der Waals surface area contributed by atoms with E-state index in [0.717, 1.165) is 5.56 Å². The van der Waals surface area contributed by atoms with Gasteiger partial charge in [-0.15, -0.1) is 0 Å². The van der Waals surface area contributed by atoms with Crippen molar-refractivity contribution in [2.75, 3.05) is 5.73 Å². The Morgan fingerprint density at radius 3 is 2.63 bits per heavy atom. The molecule has 0 aliphatic carbocycles. The highest BCUT2D eigenvalue weighted by Crippen LogP contribution is 2.35. The van der Waals surface area contributed by atoms with Crippen molar-refractivity contribution >= 4 is 5.82 Å². The Morgan fingerprint density at radius 1 is 1.11 bits per heavy atom. The van der Waals surface area contributed by atoms with Gasteiger partial charge in [0.25, 0.3) is 0 Å². The van der Waals surface area contributed by atoms with E-state index in [-0.39, 0.29) is 5.56 Å². The predicted octanol–water partition coefficient (Wildman–Crippen LogP) is 2.28. The van der Waals surface area contributed by atoms with Gasteiger partial charge in [0.2, 0.25) is 5.56 Å². The number of pyridine rings is 1. The second-order valence-electron chi connectivity index (χ2n) is 4.08. The van der Waals surface area contributed by atoms with Gasteiger partial charge in [0.15, 0.2) is 11.6 Å². The zero-order valence-electron chi connectivity index (χ0n) is 9.96. The first-order valence-corrected chi connectivity index (χ1v) is 5.75. The van der Waals surface area contributed by atoms with E-state index in [0.29, 0.717) is 22.7 Å². The number of aromatic nitrogens is 2. The summed E-state index contributed by atoms with van der Waals surface area (Å²) in [6.45, 7) is 0. The van der Waals surface area contributed by atoms with Gasteiger partial charge in [0.05, 0.1) is 5.56 Å². The Balaban J connectivity index is 2.22. The summed E-state index contributed by atoms with van der Waals surface area (Å²) in [5.41, 5.74) is 7.90. The minimum atomic E-state index is -0.202. The molecule has 2 heterocycles. The summed E-state index contributed by atoms with van der Waals surface area (Å²) >= 11 is 0. The summed E-state index contributed by atoms with van der Waals surface area (Å²) in [4.78, 5) is 13.9. The lowest BCUT2D eigenvalue weighted by Crippen LogP contribution is -2.02. The van der Waals surface area contributed by atoms with E-state index < -0.39 is 0 Å². The van der Waals surface area contributed by atoms with Crippen LogP contribution in [-0.4, -0.2) is 10.1 Å². The molecule has 0 atom stereocenters. The van der Waals surface area contributed by atoms with Crippen molar-refractivity contribution in [3.05, 3.63) is 59.0 Å². The second-order valence-corrected chi connectivity index (χ2v) is 4.08. The number of hydrogen-bond acceptors (Lipinski definition) is 4. The monoisotopic (exact) mass is 253 g/mol. The quantitative estimate of drug-likeness (QED) is 0.733. The molecule has 3 rings (SSSR count). The molecular formula is C14H11N3O2. The third kappa shape index (κ3) is 2.01. The maximum atomic E-state index is 11.4. The summed E-state index contributed by atoms with van der Waals surface area (Å²) in [6.07, 6.45) is 1.56. The van der Waals surface area contributed by atoms with Gasteiger partial charge in [0.1, 0.15) is 0 Å². The Kier molecular flexibility index (Phi) is 2.64. The highest BCUT2D eigenvalue weighted by atomic mass is 16.5. The molecule has 94 valence electrons. The van der Waals surface area contributed by atoms with Gasteiger partial charge in [-0.3, -0.25) is 4.79 Å². The first-order valence-electron chi connectivity index (χ1n) is 5.75. The fourth-order valence-corrected chi connectivity index (χ4v) is 1.97. The summed E-state index contributed by atoms with van der Waals surface area (Å²) in [5.74, 6) is 0.802. The van der Waals surface area contributed by atoms with Crippen LogP contribution in [0, 0.1) is 0 Å². The van der Waals surface area contributed by atoms with Crippen LogP contribution in [0.3, 0.4) is 0 Å². The average molecular weight is 253 g/mol. The molecule has 0 saturated heterocycles. The fourth-order valence-electron chi connectivity index (χ4n) is 1.97. The van der Waals surface area contributed by atoms with E-state index in [1.54, 1.807) is 12.3 Å². The molecule has 1 aromatic carbocycles. The van der Waals surface area contributed by atoms with Gasteiger partial charge in [-0.1, -0.05) is 35.5 Å². The smallest absolute Gasteiger partial charge is 0.248 e. The molecule has 0 unspecified atom stereocenters. The summed E-state index contributed by atoms with van der Waals surface area (Å²) < 4.78 is 5.26. The minimum absolute atomic E-state index is 0.202. The van der Waals surface area contributed by atoms with Crippen LogP contribution in [0.15, 0.2) is 58.0 Å². The third-order valence-corrected chi connectivity index (χ3v) is 2.82. The lowest BCUT2D eigenvalue weighted by atomic mass is 10.0. The van der Waals surface area contributed by atoms with Crippen molar-refractivity contribution in [3.8, 4) is 22.5 Å². The molecule has 0 aliphatic heterocycles. The van der Waals surface area contributed by atoms with Crippen LogP contribution in [0.5, 0.6) is 0 Å². The summed E-state index contributed by atoms with van der Waals surface area (Å²) in [5, 5.41) is 3.79. The SMILES string of the molecule is Nc1noc(-c2cc[nH]c(=O)c2)c1-c1ccccc1. The summed E-state index contributed by atoms with van der Waals surface area (Å²) in [6, 6.07) is 12.8. The lowest BCUT2D eigenvalue weighted by Gasteiger charge is -2.01. The van der Waals surface area contributed by atoms with Crippen LogP contribution in [0.25, 0.3) is 22.5 Å². The van der Waals surface area contributed by atoms with Gasteiger partial charge >= 0.3 is 0 Å². The number of nitrogens with zero attached hydrogens (tertiary/aromatic N) is 1. The molecule has 2 aromatic heterocycles. The van der Waals surface area contributed by atoms with Crippen LogP contribution in [-0.2, 0) is 0 Å². The molecule has 0 amide bonds. The van der Waals surface area contributed by atoms with Crippen LogP contribution >= 0.6 is 0 Å². The summed E-state index contributed by atoms with van der Waals surface area (Å²) in [7, 11) is 0. The molecule has 5 nitrogen and oxygen atoms in total. The number of nitrogens with two attached hydrogens (primary N) is 1. The third-order valence-electron chi connectivity index (χ3n) is 2.82. The van der Waals surface area contributed by atoms with E-state index in [1.165, 1.54) is 6.07 Å².